The topological polar surface area (TPSA) is 70.1 Å². The van der Waals surface area contributed by atoms with Crippen molar-refractivity contribution >= 4 is 23.5 Å². The fraction of sp³-hybridized carbons (Fsp3) is 0.619. The van der Waals surface area contributed by atoms with Gasteiger partial charge < -0.3 is 14.7 Å². The number of carbonyl (C=O) groups excluding carboxylic acids is 1. The van der Waals surface area contributed by atoms with Gasteiger partial charge in [-0.1, -0.05) is 23.7 Å². The highest BCUT2D eigenvalue weighted by Gasteiger charge is 2.52. The molecule has 3 aliphatic heterocycles. The Balaban J connectivity index is 0.000000339. The number of nitrogens with zero attached hydrogens (tertiary/aromatic N) is 2. The van der Waals surface area contributed by atoms with E-state index < -0.39 is 12.1 Å². The monoisotopic (exact) mass is 462 g/mol. The Kier molecular flexibility index (Phi) is 7.49. The Labute approximate surface area is 183 Å². The molecule has 1 aromatic rings. The van der Waals surface area contributed by atoms with Crippen LogP contribution >= 0.6 is 11.6 Å². The van der Waals surface area contributed by atoms with E-state index in [0.29, 0.717) is 11.8 Å². The molecule has 6 nitrogen and oxygen atoms in total. The Morgan fingerprint density at radius 2 is 1.90 bits per heavy atom. The lowest BCUT2D eigenvalue weighted by atomic mass is 9.78. The fourth-order valence-electron chi connectivity index (χ4n) is 4.46. The quantitative estimate of drug-likeness (QED) is 0.724. The number of likely N-dealkylation sites (tertiary alicyclic amines) is 2. The number of hydrogen-bond donors (Lipinski definition) is 1. The average Bonchev–Trinajstić information content (AvgIpc) is 3.27. The van der Waals surface area contributed by atoms with Gasteiger partial charge in [0.05, 0.1) is 5.60 Å². The fourth-order valence-corrected chi connectivity index (χ4v) is 4.59. The third-order valence-corrected chi connectivity index (χ3v) is 6.32. The summed E-state index contributed by atoms with van der Waals surface area (Å²) in [6.45, 7) is 5.70. The van der Waals surface area contributed by atoms with E-state index in [-0.39, 0.29) is 5.60 Å². The summed E-state index contributed by atoms with van der Waals surface area (Å²) in [7, 11) is 0. The van der Waals surface area contributed by atoms with Gasteiger partial charge in [-0.2, -0.15) is 13.2 Å². The normalized spacial score (nSPS) is 22.9. The Hall–Kier alpha value is -1.84. The third kappa shape index (κ3) is 6.11. The van der Waals surface area contributed by atoms with E-state index in [0.717, 1.165) is 70.0 Å². The van der Waals surface area contributed by atoms with Crippen LogP contribution in [0.15, 0.2) is 24.3 Å². The van der Waals surface area contributed by atoms with Crippen molar-refractivity contribution in [3.8, 4) is 0 Å². The van der Waals surface area contributed by atoms with Crippen LogP contribution in [-0.4, -0.2) is 71.3 Å². The zero-order valence-electron chi connectivity index (χ0n) is 17.0. The molecule has 4 rings (SSSR count). The first-order valence-corrected chi connectivity index (χ1v) is 10.7. The van der Waals surface area contributed by atoms with Crippen LogP contribution in [0.5, 0.6) is 0 Å². The van der Waals surface area contributed by atoms with E-state index >= 15 is 0 Å². The van der Waals surface area contributed by atoms with Crippen LogP contribution in [0.3, 0.4) is 0 Å². The second-order valence-corrected chi connectivity index (χ2v) is 8.68. The molecule has 1 amide bonds. The predicted octanol–water partition coefficient (Wildman–Crippen LogP) is 3.58. The van der Waals surface area contributed by atoms with Crippen LogP contribution in [-0.2, 0) is 20.9 Å². The Bertz CT molecular complexity index is 782. The minimum absolute atomic E-state index is 0.0369. The smallest absolute Gasteiger partial charge is 0.475 e. The van der Waals surface area contributed by atoms with Crippen molar-refractivity contribution in [3.63, 3.8) is 0 Å². The van der Waals surface area contributed by atoms with Crippen molar-refractivity contribution in [2.24, 2.45) is 5.92 Å². The van der Waals surface area contributed by atoms with Crippen molar-refractivity contribution in [1.29, 1.82) is 0 Å². The number of rotatable bonds is 5. The van der Waals surface area contributed by atoms with Crippen LogP contribution in [0, 0.1) is 5.92 Å². The number of halogens is 4. The van der Waals surface area contributed by atoms with E-state index in [1.54, 1.807) is 0 Å². The number of amides is 1. The first-order valence-electron chi connectivity index (χ1n) is 10.3. The van der Waals surface area contributed by atoms with Crippen molar-refractivity contribution < 1.29 is 32.6 Å². The first kappa shape index (κ1) is 23.8. The number of carbonyl (C=O) groups is 2. The molecule has 10 heteroatoms. The third-order valence-electron chi connectivity index (χ3n) is 6.06. The molecule has 31 heavy (non-hydrogen) atoms. The van der Waals surface area contributed by atoms with Crippen molar-refractivity contribution in [2.75, 3.05) is 32.8 Å². The van der Waals surface area contributed by atoms with Gasteiger partial charge in [0.1, 0.15) is 0 Å². The van der Waals surface area contributed by atoms with Crippen molar-refractivity contribution in [1.82, 2.24) is 9.80 Å². The number of alkyl halides is 3. The Morgan fingerprint density at radius 1 is 1.26 bits per heavy atom. The molecule has 0 aliphatic carbocycles. The maximum absolute atomic E-state index is 11.8. The van der Waals surface area contributed by atoms with Crippen LogP contribution < -0.4 is 0 Å². The van der Waals surface area contributed by atoms with Crippen LogP contribution in [0.1, 0.15) is 31.2 Å². The number of carboxylic acids is 1. The highest BCUT2D eigenvalue weighted by atomic mass is 35.5. The molecule has 0 aromatic heterocycles. The summed E-state index contributed by atoms with van der Waals surface area (Å²) in [4.78, 5) is 25.2. The van der Waals surface area contributed by atoms with Gasteiger partial charge in [0, 0.05) is 50.8 Å². The van der Waals surface area contributed by atoms with Gasteiger partial charge in [-0.25, -0.2) is 4.79 Å². The van der Waals surface area contributed by atoms with Gasteiger partial charge in [-0.15, -0.1) is 0 Å². The molecule has 1 spiro atoms. The second-order valence-electron chi connectivity index (χ2n) is 8.25. The summed E-state index contributed by atoms with van der Waals surface area (Å²) in [6, 6.07) is 8.10. The molecule has 3 fully saturated rings. The van der Waals surface area contributed by atoms with E-state index in [1.807, 2.05) is 17.0 Å². The molecule has 1 unspecified atom stereocenters. The summed E-state index contributed by atoms with van der Waals surface area (Å²) in [6.07, 6.45) is -1.10. The molecule has 0 radical (unpaired) electrons. The second kappa shape index (κ2) is 9.75. The molecular formula is C21H26ClF3N2O4. The summed E-state index contributed by atoms with van der Waals surface area (Å²) in [5.74, 6) is -1.83. The molecule has 0 bridgehead atoms. The number of ether oxygens (including phenoxy) is 1. The minimum Gasteiger partial charge on any atom is -0.475 e. The first-order chi connectivity index (χ1) is 14.6. The molecule has 3 heterocycles. The lowest BCUT2D eigenvalue weighted by molar-refractivity contribution is -0.192. The summed E-state index contributed by atoms with van der Waals surface area (Å²) >= 11 is 5.95. The zero-order chi connectivity index (χ0) is 22.6. The summed E-state index contributed by atoms with van der Waals surface area (Å²) in [5.41, 5.74) is 1.33. The SMILES string of the molecule is O=C(O)C(F)(F)F.O=C1CCCN1CCC1CCOC12CN(Cc1ccc(Cl)cc1)C2. The van der Waals surface area contributed by atoms with Gasteiger partial charge in [0.15, 0.2) is 0 Å². The standard InChI is InChI=1S/C19H25ClN2O2.C2HF3O2/c20-17-5-3-15(4-6-17)12-21-13-19(14-21)16(8-11-24-19)7-10-22-9-1-2-18(22)23;3-2(4,5)1(6)7/h3-6,16H,1-2,7-14H2;(H,6,7). The Morgan fingerprint density at radius 3 is 2.45 bits per heavy atom. The summed E-state index contributed by atoms with van der Waals surface area (Å²) < 4.78 is 37.9. The maximum Gasteiger partial charge on any atom is 0.490 e. The van der Waals surface area contributed by atoms with E-state index in [1.165, 1.54) is 5.56 Å². The lowest BCUT2D eigenvalue weighted by Crippen LogP contribution is -2.64. The molecule has 3 aliphatic rings. The zero-order valence-corrected chi connectivity index (χ0v) is 17.8. The molecule has 172 valence electrons. The van der Waals surface area contributed by atoms with Gasteiger partial charge in [0.25, 0.3) is 0 Å². The molecule has 1 atom stereocenters. The van der Waals surface area contributed by atoms with Crippen LogP contribution in [0.25, 0.3) is 0 Å². The van der Waals surface area contributed by atoms with E-state index in [9.17, 15) is 18.0 Å². The minimum atomic E-state index is -5.08. The van der Waals surface area contributed by atoms with E-state index in [2.05, 4.69) is 17.0 Å². The number of hydrogen-bond acceptors (Lipinski definition) is 4. The molecule has 0 saturated carbocycles. The molecule has 1 N–H and O–H groups in total. The molecule has 3 saturated heterocycles. The largest absolute Gasteiger partial charge is 0.490 e. The van der Waals surface area contributed by atoms with Gasteiger partial charge in [-0.3, -0.25) is 9.69 Å². The van der Waals surface area contributed by atoms with Gasteiger partial charge in [0.2, 0.25) is 5.91 Å². The van der Waals surface area contributed by atoms with Crippen LogP contribution in [0.2, 0.25) is 5.02 Å². The summed E-state index contributed by atoms with van der Waals surface area (Å²) in [5, 5.41) is 7.91. The van der Waals surface area contributed by atoms with E-state index in [4.69, 9.17) is 26.2 Å². The number of benzene rings is 1. The maximum atomic E-state index is 11.8. The number of aliphatic carboxylic acids is 1. The number of carboxylic acid groups (broad SMARTS) is 1. The highest BCUT2D eigenvalue weighted by molar-refractivity contribution is 6.30. The van der Waals surface area contributed by atoms with Crippen molar-refractivity contribution in [2.45, 2.75) is 44.0 Å². The molecule has 1 aromatic carbocycles. The van der Waals surface area contributed by atoms with Crippen LogP contribution in [0.4, 0.5) is 13.2 Å². The predicted molar refractivity (Wildman–Crippen MR) is 108 cm³/mol. The molecular weight excluding hydrogens is 437 g/mol. The highest BCUT2D eigenvalue weighted by Crippen LogP contribution is 2.42. The van der Waals surface area contributed by atoms with Crippen molar-refractivity contribution in [3.05, 3.63) is 34.9 Å². The lowest BCUT2D eigenvalue weighted by Gasteiger charge is -2.50. The van der Waals surface area contributed by atoms with Gasteiger partial charge in [-0.05, 0) is 42.9 Å². The average molecular weight is 463 g/mol. The van der Waals surface area contributed by atoms with Gasteiger partial charge >= 0.3 is 12.1 Å².